The van der Waals surface area contributed by atoms with Crippen LogP contribution >= 0.6 is 67.8 Å². The number of aliphatic hydroxyl groups is 1. The molecule has 1 N–H and O–H groups in total. The van der Waals surface area contributed by atoms with E-state index in [-0.39, 0.29) is 0 Å². The van der Waals surface area contributed by atoms with E-state index in [1.807, 2.05) is 6.07 Å². The van der Waals surface area contributed by atoms with Gasteiger partial charge in [0.15, 0.2) is 0 Å². The average Bonchev–Trinajstić information content (AvgIpc) is 2.10. The van der Waals surface area contributed by atoms with Gasteiger partial charge < -0.3 is 5.11 Å². The van der Waals surface area contributed by atoms with Crippen molar-refractivity contribution in [2.45, 2.75) is 6.23 Å². The van der Waals surface area contributed by atoms with Gasteiger partial charge in [-0.05, 0) is 85.1 Å². The Labute approximate surface area is 116 Å². The molecule has 0 heterocycles. The van der Waals surface area contributed by atoms with Gasteiger partial charge in [-0.25, -0.2) is 0 Å². The second kappa shape index (κ2) is 5.16. The van der Waals surface area contributed by atoms with Crippen molar-refractivity contribution in [2.75, 3.05) is 0 Å². The first kappa shape index (κ1) is 12.0. The highest BCUT2D eigenvalue weighted by molar-refractivity contribution is 14.1. The molecule has 0 radical (unpaired) electrons. The van der Waals surface area contributed by atoms with Crippen LogP contribution in [0.3, 0.4) is 0 Å². The summed E-state index contributed by atoms with van der Waals surface area (Å²) in [6, 6.07) is 3.74. The lowest BCUT2D eigenvalue weighted by atomic mass is 10.2. The largest absolute Gasteiger partial charge is 0.365 e. The summed E-state index contributed by atoms with van der Waals surface area (Å²) in [6.45, 7) is 0. The number of halogens is 3. The Bertz CT molecular complexity index is 343. The maximum absolute atomic E-state index is 10.2. The van der Waals surface area contributed by atoms with Crippen molar-refractivity contribution < 1.29 is 5.11 Å². The van der Waals surface area contributed by atoms with Gasteiger partial charge in [-0.2, -0.15) is 0 Å². The molecule has 70 valence electrons. The van der Waals surface area contributed by atoms with E-state index in [0.29, 0.717) is 5.56 Å². The summed E-state index contributed by atoms with van der Waals surface area (Å²) in [4.78, 5) is 10.2. The molecule has 13 heavy (non-hydrogen) atoms. The molecule has 0 spiro atoms. The fourth-order valence-corrected chi connectivity index (χ4v) is 3.30. The minimum absolute atomic E-state index is 0.576. The zero-order valence-corrected chi connectivity index (χ0v) is 12.6. The molecule has 0 amide bonds. The molecule has 0 aliphatic rings. The predicted octanol–water partition coefficient (Wildman–Crippen LogP) is 3.26. The topological polar surface area (TPSA) is 49.7 Å². The first-order valence-corrected chi connectivity index (χ1v) is 6.45. The van der Waals surface area contributed by atoms with Crippen molar-refractivity contribution in [3.63, 3.8) is 0 Å². The standard InChI is InChI=1S/C7H4I3NO2/c8-3-1-4(7(12)11-13)6(10)5(9)2-3/h1-2,7,12H. The molecule has 1 atom stereocenters. The van der Waals surface area contributed by atoms with E-state index in [0.717, 1.165) is 10.7 Å². The van der Waals surface area contributed by atoms with E-state index >= 15 is 0 Å². The molecule has 1 aromatic carbocycles. The third-order valence-electron chi connectivity index (χ3n) is 1.40. The molecule has 1 rings (SSSR count). The van der Waals surface area contributed by atoms with Gasteiger partial charge in [-0.3, -0.25) is 0 Å². The summed E-state index contributed by atoms with van der Waals surface area (Å²) in [5, 5.41) is 11.9. The summed E-state index contributed by atoms with van der Waals surface area (Å²) in [5.41, 5.74) is 0.576. The summed E-state index contributed by atoms with van der Waals surface area (Å²) in [7, 11) is 0. The van der Waals surface area contributed by atoms with Crippen LogP contribution in [-0.4, -0.2) is 5.11 Å². The van der Waals surface area contributed by atoms with Gasteiger partial charge in [0.05, 0.1) is 0 Å². The zero-order chi connectivity index (χ0) is 10.0. The number of rotatable bonds is 2. The number of aliphatic hydroxyl groups excluding tert-OH is 1. The number of benzene rings is 1. The minimum atomic E-state index is -1.25. The molecule has 0 saturated carbocycles. The van der Waals surface area contributed by atoms with Crippen LogP contribution in [-0.2, 0) is 0 Å². The first-order valence-electron chi connectivity index (χ1n) is 3.21. The SMILES string of the molecule is O=NC(O)c1cc(I)cc(I)c1I. The second-order valence-corrected chi connectivity index (χ2v) is 5.76. The molecule has 1 unspecified atom stereocenters. The number of nitrogens with zero attached hydrogens (tertiary/aromatic N) is 1. The Morgan fingerprint density at radius 3 is 2.46 bits per heavy atom. The number of hydrogen-bond donors (Lipinski definition) is 1. The monoisotopic (exact) mass is 515 g/mol. The van der Waals surface area contributed by atoms with Crippen LogP contribution in [0.1, 0.15) is 11.8 Å². The fourth-order valence-electron chi connectivity index (χ4n) is 0.821. The average molecular weight is 515 g/mol. The van der Waals surface area contributed by atoms with E-state index in [9.17, 15) is 10.0 Å². The Hall–Kier alpha value is 0.970. The van der Waals surface area contributed by atoms with Crippen molar-refractivity contribution in [1.29, 1.82) is 0 Å². The molecule has 0 aliphatic carbocycles. The van der Waals surface area contributed by atoms with E-state index in [2.05, 4.69) is 72.9 Å². The van der Waals surface area contributed by atoms with E-state index in [1.54, 1.807) is 6.07 Å². The quantitative estimate of drug-likeness (QED) is 0.374. The summed E-state index contributed by atoms with van der Waals surface area (Å²) < 4.78 is 2.88. The summed E-state index contributed by atoms with van der Waals surface area (Å²) in [6.07, 6.45) is -1.25. The van der Waals surface area contributed by atoms with Gasteiger partial charge in [0.1, 0.15) is 0 Å². The molecule has 0 fully saturated rings. The highest BCUT2D eigenvalue weighted by Gasteiger charge is 2.14. The highest BCUT2D eigenvalue weighted by Crippen LogP contribution is 2.27. The van der Waals surface area contributed by atoms with Crippen molar-refractivity contribution in [2.24, 2.45) is 5.18 Å². The van der Waals surface area contributed by atoms with Crippen LogP contribution < -0.4 is 0 Å². The molecular weight excluding hydrogens is 511 g/mol. The van der Waals surface area contributed by atoms with E-state index in [4.69, 9.17) is 0 Å². The Morgan fingerprint density at radius 2 is 1.92 bits per heavy atom. The van der Waals surface area contributed by atoms with Gasteiger partial charge in [0, 0.05) is 16.3 Å². The molecule has 1 aromatic rings. The third-order valence-corrected chi connectivity index (χ3v) is 5.11. The van der Waals surface area contributed by atoms with Crippen LogP contribution in [0, 0.1) is 15.6 Å². The van der Waals surface area contributed by atoms with Gasteiger partial charge in [-0.1, -0.05) is 0 Å². The van der Waals surface area contributed by atoms with Crippen LogP contribution in [0.5, 0.6) is 0 Å². The Balaban J connectivity index is 3.27. The van der Waals surface area contributed by atoms with Crippen LogP contribution in [0.15, 0.2) is 17.3 Å². The lowest BCUT2D eigenvalue weighted by Crippen LogP contribution is -1.99. The van der Waals surface area contributed by atoms with Crippen molar-refractivity contribution in [3.05, 3.63) is 33.3 Å². The summed E-state index contributed by atoms with van der Waals surface area (Å²) in [5.74, 6) is 0. The van der Waals surface area contributed by atoms with Crippen LogP contribution in [0.25, 0.3) is 0 Å². The zero-order valence-electron chi connectivity index (χ0n) is 6.17. The van der Waals surface area contributed by atoms with E-state index in [1.165, 1.54) is 0 Å². The molecular formula is C7H4I3NO2. The number of hydrogen-bond acceptors (Lipinski definition) is 3. The molecule has 0 aliphatic heterocycles. The van der Waals surface area contributed by atoms with Gasteiger partial charge >= 0.3 is 0 Å². The Kier molecular flexibility index (Phi) is 4.78. The maximum atomic E-state index is 10.2. The molecule has 6 heteroatoms. The van der Waals surface area contributed by atoms with Crippen molar-refractivity contribution >= 4 is 67.8 Å². The second-order valence-electron chi connectivity index (χ2n) is 2.27. The highest BCUT2D eigenvalue weighted by atomic mass is 127. The van der Waals surface area contributed by atoms with Gasteiger partial charge in [0.2, 0.25) is 6.23 Å². The Morgan fingerprint density at radius 1 is 1.31 bits per heavy atom. The van der Waals surface area contributed by atoms with Crippen LogP contribution in [0.4, 0.5) is 0 Å². The molecule has 3 nitrogen and oxygen atoms in total. The van der Waals surface area contributed by atoms with Gasteiger partial charge in [0.25, 0.3) is 0 Å². The fraction of sp³-hybridized carbons (Fsp3) is 0.143. The maximum Gasteiger partial charge on any atom is 0.214 e. The number of nitroso groups, excluding NO2 is 1. The van der Waals surface area contributed by atoms with Crippen molar-refractivity contribution in [3.8, 4) is 0 Å². The lowest BCUT2D eigenvalue weighted by molar-refractivity contribution is 0.185. The smallest absolute Gasteiger partial charge is 0.214 e. The predicted molar refractivity (Wildman–Crippen MR) is 75.3 cm³/mol. The third kappa shape index (κ3) is 2.96. The van der Waals surface area contributed by atoms with Gasteiger partial charge in [-0.15, -0.1) is 4.91 Å². The normalized spacial score (nSPS) is 12.6. The first-order chi connectivity index (χ1) is 6.06. The molecule has 0 saturated heterocycles. The van der Waals surface area contributed by atoms with Crippen molar-refractivity contribution in [1.82, 2.24) is 0 Å². The van der Waals surface area contributed by atoms with Crippen LogP contribution in [0.2, 0.25) is 0 Å². The summed E-state index contributed by atoms with van der Waals surface area (Å²) >= 11 is 6.38. The lowest BCUT2D eigenvalue weighted by Gasteiger charge is -2.07. The molecule has 0 bridgehead atoms. The minimum Gasteiger partial charge on any atom is -0.365 e. The van der Waals surface area contributed by atoms with E-state index < -0.39 is 6.23 Å². The molecule has 0 aromatic heterocycles.